The Morgan fingerprint density at radius 1 is 1.80 bits per heavy atom. The summed E-state index contributed by atoms with van der Waals surface area (Å²) in [6, 6.07) is 0. The van der Waals surface area contributed by atoms with Crippen LogP contribution in [0.15, 0.2) is 0 Å². The molecule has 1 unspecified atom stereocenters. The van der Waals surface area contributed by atoms with Gasteiger partial charge in [0, 0.05) is 6.42 Å². The molecule has 4 nitrogen and oxygen atoms in total. The van der Waals surface area contributed by atoms with Crippen LogP contribution in [0.3, 0.4) is 0 Å². The van der Waals surface area contributed by atoms with Crippen molar-refractivity contribution in [2.75, 3.05) is 6.61 Å². The minimum Gasteiger partial charge on any atom is -0.480 e. The van der Waals surface area contributed by atoms with Gasteiger partial charge in [0.2, 0.25) is 0 Å². The number of nitrogens with two attached hydrogens (primary N) is 1. The van der Waals surface area contributed by atoms with Crippen molar-refractivity contribution in [1.29, 1.82) is 0 Å². The Balaban J connectivity index is 4.26. The number of hydrogen-bond donors (Lipinski definition) is 3. The highest BCUT2D eigenvalue weighted by Crippen LogP contribution is 2.03. The summed E-state index contributed by atoms with van der Waals surface area (Å²) in [7, 11) is 0. The van der Waals surface area contributed by atoms with Crippen molar-refractivity contribution in [3.05, 3.63) is 0 Å². The third-order valence-corrected chi connectivity index (χ3v) is 1.13. The van der Waals surface area contributed by atoms with E-state index in [0.29, 0.717) is 0 Å². The van der Waals surface area contributed by atoms with E-state index < -0.39 is 18.1 Å². The first-order chi connectivity index (χ1) is 4.56. The van der Waals surface area contributed by atoms with E-state index in [1.165, 1.54) is 0 Å². The number of carboxylic acid groups (broad SMARTS) is 1. The highest BCUT2D eigenvalue weighted by atomic mass is 16.4. The van der Waals surface area contributed by atoms with Crippen LogP contribution in [0, 0.1) is 12.3 Å². The maximum Gasteiger partial charge on any atom is 0.327 e. The van der Waals surface area contributed by atoms with Crippen LogP contribution >= 0.6 is 0 Å². The molecule has 10 heavy (non-hydrogen) atoms. The van der Waals surface area contributed by atoms with E-state index in [1.54, 1.807) is 0 Å². The fourth-order valence-electron chi connectivity index (χ4n) is 0.381. The molecule has 0 radical (unpaired) electrons. The van der Waals surface area contributed by atoms with Crippen molar-refractivity contribution in [3.63, 3.8) is 0 Å². The summed E-state index contributed by atoms with van der Waals surface area (Å²) in [5.41, 5.74) is 3.49. The van der Waals surface area contributed by atoms with Crippen molar-refractivity contribution in [2.45, 2.75) is 12.0 Å². The first-order valence-corrected chi connectivity index (χ1v) is 2.63. The molecule has 4 heteroatoms. The van der Waals surface area contributed by atoms with Crippen molar-refractivity contribution in [3.8, 4) is 12.3 Å². The third-order valence-electron chi connectivity index (χ3n) is 1.13. The Morgan fingerprint density at radius 2 is 2.30 bits per heavy atom. The molecular formula is C6H9NO3. The molecule has 0 rings (SSSR count). The summed E-state index contributed by atoms with van der Waals surface area (Å²) in [6.07, 6.45) is 4.66. The van der Waals surface area contributed by atoms with E-state index in [0.717, 1.165) is 0 Å². The molecule has 0 heterocycles. The van der Waals surface area contributed by atoms with Gasteiger partial charge in [-0.3, -0.25) is 4.79 Å². The van der Waals surface area contributed by atoms with Crippen LogP contribution in [0.4, 0.5) is 0 Å². The van der Waals surface area contributed by atoms with Gasteiger partial charge in [0.25, 0.3) is 0 Å². The van der Waals surface area contributed by atoms with E-state index in [2.05, 4.69) is 5.92 Å². The fraction of sp³-hybridized carbons (Fsp3) is 0.500. The Morgan fingerprint density at radius 3 is 2.40 bits per heavy atom. The summed E-state index contributed by atoms with van der Waals surface area (Å²) in [4.78, 5) is 10.3. The molecule has 0 aliphatic heterocycles. The number of rotatable bonds is 3. The molecule has 0 spiro atoms. The van der Waals surface area contributed by atoms with Crippen LogP contribution in [0.25, 0.3) is 0 Å². The van der Waals surface area contributed by atoms with Crippen LogP contribution in [0.5, 0.6) is 0 Å². The minimum atomic E-state index is -1.67. The maximum atomic E-state index is 10.3. The smallest absolute Gasteiger partial charge is 0.327 e. The molecule has 0 amide bonds. The lowest BCUT2D eigenvalue weighted by Gasteiger charge is -2.17. The lowest BCUT2D eigenvalue weighted by Crippen LogP contribution is -2.50. The van der Waals surface area contributed by atoms with Gasteiger partial charge in [-0.15, -0.1) is 12.3 Å². The van der Waals surface area contributed by atoms with Gasteiger partial charge >= 0.3 is 5.97 Å². The van der Waals surface area contributed by atoms with Crippen molar-refractivity contribution in [2.24, 2.45) is 5.73 Å². The molecular weight excluding hydrogens is 134 g/mol. The lowest BCUT2D eigenvalue weighted by molar-refractivity contribution is -0.144. The highest BCUT2D eigenvalue weighted by molar-refractivity contribution is 5.79. The summed E-state index contributed by atoms with van der Waals surface area (Å²) in [6.45, 7) is -0.646. The number of carbonyl (C=O) groups is 1. The molecule has 0 aromatic rings. The Kier molecular flexibility index (Phi) is 2.87. The van der Waals surface area contributed by atoms with Gasteiger partial charge in [-0.2, -0.15) is 0 Å². The van der Waals surface area contributed by atoms with Crippen molar-refractivity contribution in [1.82, 2.24) is 0 Å². The average Bonchev–Trinajstić information content (AvgIpc) is 1.88. The quantitative estimate of drug-likeness (QED) is 0.432. The largest absolute Gasteiger partial charge is 0.480 e. The number of hydrogen-bond acceptors (Lipinski definition) is 3. The van der Waals surface area contributed by atoms with Crippen molar-refractivity contribution >= 4 is 5.97 Å². The maximum absolute atomic E-state index is 10.3. The second kappa shape index (κ2) is 3.20. The van der Waals surface area contributed by atoms with E-state index in [-0.39, 0.29) is 6.42 Å². The molecule has 4 N–H and O–H groups in total. The molecule has 0 bridgehead atoms. The molecule has 0 aliphatic carbocycles. The van der Waals surface area contributed by atoms with Gasteiger partial charge in [-0.1, -0.05) is 0 Å². The standard InChI is InChI=1S/C6H9NO3/c1-2-3-6(7,4-8)5(9)10/h1,8H,3-4,7H2,(H,9,10). The predicted molar refractivity (Wildman–Crippen MR) is 35.1 cm³/mol. The lowest BCUT2D eigenvalue weighted by atomic mass is 9.99. The van der Waals surface area contributed by atoms with E-state index in [4.69, 9.17) is 22.4 Å². The van der Waals surface area contributed by atoms with Crippen LogP contribution in [0.1, 0.15) is 6.42 Å². The van der Waals surface area contributed by atoms with Gasteiger partial charge in [-0.05, 0) is 0 Å². The second-order valence-corrected chi connectivity index (χ2v) is 2.00. The normalized spacial score (nSPS) is 15.3. The zero-order valence-electron chi connectivity index (χ0n) is 5.37. The molecule has 0 saturated carbocycles. The van der Waals surface area contributed by atoms with E-state index in [9.17, 15) is 4.79 Å². The molecule has 0 saturated heterocycles. The van der Waals surface area contributed by atoms with Gasteiger partial charge in [0.1, 0.15) is 5.54 Å². The number of terminal acetylenes is 1. The van der Waals surface area contributed by atoms with E-state index >= 15 is 0 Å². The van der Waals surface area contributed by atoms with Gasteiger partial charge < -0.3 is 15.9 Å². The van der Waals surface area contributed by atoms with Crippen LogP contribution in [-0.4, -0.2) is 28.3 Å². The number of carboxylic acids is 1. The number of aliphatic carboxylic acids is 1. The monoisotopic (exact) mass is 143 g/mol. The first kappa shape index (κ1) is 8.95. The van der Waals surface area contributed by atoms with E-state index in [1.807, 2.05) is 0 Å². The zero-order valence-corrected chi connectivity index (χ0v) is 5.37. The van der Waals surface area contributed by atoms with Crippen LogP contribution in [-0.2, 0) is 4.79 Å². The van der Waals surface area contributed by atoms with Gasteiger partial charge in [-0.25, -0.2) is 0 Å². The summed E-state index contributed by atoms with van der Waals surface area (Å²) >= 11 is 0. The molecule has 0 fully saturated rings. The van der Waals surface area contributed by atoms with Crippen LogP contribution in [0.2, 0.25) is 0 Å². The Bertz CT molecular complexity index is 172. The average molecular weight is 143 g/mol. The highest BCUT2D eigenvalue weighted by Gasteiger charge is 2.31. The van der Waals surface area contributed by atoms with Crippen LogP contribution < -0.4 is 5.73 Å². The topological polar surface area (TPSA) is 83.5 Å². The van der Waals surface area contributed by atoms with Crippen molar-refractivity contribution < 1.29 is 15.0 Å². The predicted octanol–water partition coefficient (Wildman–Crippen LogP) is -1.22. The number of aliphatic hydroxyl groups excluding tert-OH is 1. The zero-order chi connectivity index (χ0) is 8.20. The molecule has 0 aromatic heterocycles. The fourth-order valence-corrected chi connectivity index (χ4v) is 0.381. The molecule has 0 aliphatic rings. The first-order valence-electron chi connectivity index (χ1n) is 2.63. The minimum absolute atomic E-state index is 0.168. The SMILES string of the molecule is C#CCC(N)(CO)C(=O)O. The second-order valence-electron chi connectivity index (χ2n) is 2.00. The number of aliphatic hydroxyl groups is 1. The molecule has 1 atom stereocenters. The summed E-state index contributed by atoms with van der Waals surface area (Å²) < 4.78 is 0. The third kappa shape index (κ3) is 1.72. The molecule has 56 valence electrons. The Hall–Kier alpha value is -1.05. The summed E-state index contributed by atoms with van der Waals surface area (Å²) in [5, 5.41) is 16.9. The van der Waals surface area contributed by atoms with Gasteiger partial charge in [0.15, 0.2) is 0 Å². The van der Waals surface area contributed by atoms with Gasteiger partial charge in [0.05, 0.1) is 6.61 Å². The Labute approximate surface area is 58.7 Å². The molecule has 0 aromatic carbocycles. The summed E-state index contributed by atoms with van der Waals surface area (Å²) in [5.74, 6) is 0.790.